The Bertz CT molecular complexity index is 1090. The average Bonchev–Trinajstić information content (AvgIpc) is 2.69. The van der Waals surface area contributed by atoms with Crippen LogP contribution in [-0.4, -0.2) is 30.4 Å². The van der Waals surface area contributed by atoms with E-state index in [1.165, 1.54) is 29.9 Å². The van der Waals surface area contributed by atoms with Crippen LogP contribution < -0.4 is 10.7 Å². The lowest BCUT2D eigenvalue weighted by molar-refractivity contribution is -0.117. The molecule has 0 radical (unpaired) electrons. The normalized spacial score (nSPS) is 17.4. The van der Waals surface area contributed by atoms with Gasteiger partial charge in [-0.25, -0.2) is 4.39 Å². The highest BCUT2D eigenvalue weighted by atomic mass is 32.1. The van der Waals surface area contributed by atoms with Crippen molar-refractivity contribution in [2.75, 3.05) is 25.0 Å². The smallest absolute Gasteiger partial charge is 0.239 e. The Balaban J connectivity index is 1.70. The minimum Gasteiger partial charge on any atom is -0.316 e. The zero-order valence-corrected chi connectivity index (χ0v) is 17.1. The molecule has 0 spiro atoms. The van der Waals surface area contributed by atoms with Crippen LogP contribution in [0.25, 0.3) is 21.2 Å². The van der Waals surface area contributed by atoms with E-state index in [2.05, 4.69) is 17.1 Å². The molecule has 1 saturated heterocycles. The number of halogens is 1. The molecule has 1 fully saturated rings. The number of fused-ring (bicyclic) bond motifs is 1. The molecule has 2 aromatic carbocycles. The van der Waals surface area contributed by atoms with E-state index in [1.54, 1.807) is 18.2 Å². The van der Waals surface area contributed by atoms with Crippen LogP contribution in [-0.2, 0) is 4.79 Å². The number of nitrogens with one attached hydrogen (secondary N) is 1. The second-order valence-electron chi connectivity index (χ2n) is 7.67. The minimum atomic E-state index is -0.365. The van der Waals surface area contributed by atoms with E-state index in [-0.39, 0.29) is 17.2 Å². The Labute approximate surface area is 173 Å². The number of hydrogen-bond donors (Lipinski definition) is 1. The van der Waals surface area contributed by atoms with Gasteiger partial charge in [-0.2, -0.15) is 0 Å². The van der Waals surface area contributed by atoms with Crippen LogP contribution in [0.15, 0.2) is 53.3 Å². The second kappa shape index (κ2) is 8.43. The summed E-state index contributed by atoms with van der Waals surface area (Å²) in [5, 5.41) is 4.07. The molecule has 150 valence electrons. The largest absolute Gasteiger partial charge is 0.316 e. The highest BCUT2D eigenvalue weighted by Gasteiger charge is 2.21. The summed E-state index contributed by atoms with van der Waals surface area (Å²) in [4.78, 5) is 28.1. The number of rotatable bonds is 4. The molecule has 1 aliphatic heterocycles. The minimum absolute atomic E-state index is 0.131. The van der Waals surface area contributed by atoms with E-state index in [4.69, 9.17) is 0 Å². The summed E-state index contributed by atoms with van der Waals surface area (Å²) >= 11 is 1.37. The van der Waals surface area contributed by atoms with Gasteiger partial charge < -0.3 is 5.32 Å². The molecule has 6 heteroatoms. The van der Waals surface area contributed by atoms with E-state index in [0.717, 1.165) is 24.2 Å². The lowest BCUT2D eigenvalue weighted by Crippen LogP contribution is -2.39. The molecule has 1 unspecified atom stereocenters. The topological polar surface area (TPSA) is 49.4 Å². The van der Waals surface area contributed by atoms with Crippen molar-refractivity contribution in [1.29, 1.82) is 0 Å². The van der Waals surface area contributed by atoms with Gasteiger partial charge in [-0.15, -0.1) is 11.3 Å². The number of amides is 1. The molecule has 3 aromatic rings. The first kappa shape index (κ1) is 19.7. The summed E-state index contributed by atoms with van der Waals surface area (Å²) in [5.74, 6) is 0.0897. The maximum atomic E-state index is 13.4. The molecule has 2 heterocycles. The van der Waals surface area contributed by atoms with Gasteiger partial charge in [0.1, 0.15) is 10.8 Å². The van der Waals surface area contributed by atoms with Crippen LogP contribution >= 0.6 is 11.3 Å². The van der Waals surface area contributed by atoms with Crippen LogP contribution in [0.4, 0.5) is 9.39 Å². The van der Waals surface area contributed by atoms with Gasteiger partial charge in [0, 0.05) is 16.6 Å². The maximum absolute atomic E-state index is 13.4. The van der Waals surface area contributed by atoms with Gasteiger partial charge in [0.2, 0.25) is 5.91 Å². The fraction of sp³-hybridized carbons (Fsp3) is 0.304. The van der Waals surface area contributed by atoms with E-state index in [0.29, 0.717) is 34.0 Å². The van der Waals surface area contributed by atoms with Crippen LogP contribution in [0.3, 0.4) is 0 Å². The molecule has 0 aliphatic carbocycles. The Morgan fingerprint density at radius 1 is 1.21 bits per heavy atom. The van der Waals surface area contributed by atoms with Gasteiger partial charge in [-0.05, 0) is 55.1 Å². The zero-order valence-electron chi connectivity index (χ0n) is 16.3. The molecule has 0 saturated carbocycles. The Morgan fingerprint density at radius 2 is 1.97 bits per heavy atom. The number of carbonyl (C=O) groups is 1. The van der Waals surface area contributed by atoms with Gasteiger partial charge in [0.15, 0.2) is 5.43 Å². The maximum Gasteiger partial charge on any atom is 0.239 e. The van der Waals surface area contributed by atoms with Crippen molar-refractivity contribution >= 4 is 32.3 Å². The number of carbonyl (C=O) groups excluding carboxylic acids is 1. The van der Waals surface area contributed by atoms with Crippen LogP contribution in [0, 0.1) is 11.7 Å². The summed E-state index contributed by atoms with van der Waals surface area (Å²) in [7, 11) is 0. The van der Waals surface area contributed by atoms with Gasteiger partial charge in [-0.3, -0.25) is 14.5 Å². The lowest BCUT2D eigenvalue weighted by Gasteiger charge is -2.30. The summed E-state index contributed by atoms with van der Waals surface area (Å²) in [6.07, 6.45) is 2.29. The molecule has 1 atom stereocenters. The molecule has 1 aromatic heterocycles. The van der Waals surface area contributed by atoms with Crippen LogP contribution in [0.5, 0.6) is 0 Å². The number of benzene rings is 2. The van der Waals surface area contributed by atoms with Crippen LogP contribution in [0.1, 0.15) is 19.8 Å². The summed E-state index contributed by atoms with van der Waals surface area (Å²) in [6, 6.07) is 13.2. The molecule has 1 amide bonds. The monoisotopic (exact) mass is 410 g/mol. The van der Waals surface area contributed by atoms with E-state index >= 15 is 0 Å². The van der Waals surface area contributed by atoms with E-state index in [9.17, 15) is 14.0 Å². The highest BCUT2D eigenvalue weighted by molar-refractivity contribution is 7.22. The first-order chi connectivity index (χ1) is 14.0. The zero-order chi connectivity index (χ0) is 20.4. The Kier molecular flexibility index (Phi) is 5.74. The number of hydrogen-bond acceptors (Lipinski definition) is 4. The molecule has 29 heavy (non-hydrogen) atoms. The Morgan fingerprint density at radius 3 is 2.72 bits per heavy atom. The second-order valence-corrected chi connectivity index (χ2v) is 8.72. The third-order valence-electron chi connectivity index (χ3n) is 5.29. The summed E-state index contributed by atoms with van der Waals surface area (Å²) < 4.78 is 14.2. The van der Waals surface area contributed by atoms with Gasteiger partial charge in [0.25, 0.3) is 0 Å². The SMILES string of the molecule is CC1CCCN(CC(=O)Nc2sc3ccccc3c(=O)c2-c2ccc(F)cc2)C1. The van der Waals surface area contributed by atoms with Crippen molar-refractivity contribution < 1.29 is 9.18 Å². The van der Waals surface area contributed by atoms with Crippen molar-refractivity contribution in [2.45, 2.75) is 19.8 Å². The molecule has 0 bridgehead atoms. The molecule has 1 aliphatic rings. The van der Waals surface area contributed by atoms with Gasteiger partial charge in [-0.1, -0.05) is 31.2 Å². The third-order valence-corrected chi connectivity index (χ3v) is 6.38. The number of piperidine rings is 1. The van der Waals surface area contributed by atoms with Gasteiger partial charge >= 0.3 is 0 Å². The third kappa shape index (κ3) is 4.38. The number of anilines is 1. The standard InChI is InChI=1S/C23H23FN2O2S/c1-15-5-4-12-26(13-15)14-20(27)25-23-21(16-8-10-17(24)11-9-16)22(28)18-6-2-3-7-19(18)29-23/h2-3,6-11,15H,4-5,12-14H2,1H3,(H,25,27). The molecule has 1 N–H and O–H groups in total. The fourth-order valence-electron chi connectivity index (χ4n) is 3.91. The number of likely N-dealkylation sites (tertiary alicyclic amines) is 1. The van der Waals surface area contributed by atoms with Gasteiger partial charge in [0.05, 0.1) is 12.1 Å². The highest BCUT2D eigenvalue weighted by Crippen LogP contribution is 2.33. The Hall–Kier alpha value is -2.57. The van der Waals surface area contributed by atoms with Crippen molar-refractivity contribution in [2.24, 2.45) is 5.92 Å². The lowest BCUT2D eigenvalue weighted by atomic mass is 10.0. The molecular formula is C23H23FN2O2S. The predicted molar refractivity (Wildman–Crippen MR) is 117 cm³/mol. The van der Waals surface area contributed by atoms with Crippen molar-refractivity contribution in [1.82, 2.24) is 4.90 Å². The first-order valence-corrected chi connectivity index (χ1v) is 10.7. The summed E-state index contributed by atoms with van der Waals surface area (Å²) in [6.45, 7) is 4.33. The average molecular weight is 411 g/mol. The molecular weight excluding hydrogens is 387 g/mol. The molecule has 4 nitrogen and oxygen atoms in total. The van der Waals surface area contributed by atoms with E-state index < -0.39 is 0 Å². The first-order valence-electron chi connectivity index (χ1n) is 9.85. The summed E-state index contributed by atoms with van der Waals surface area (Å²) in [5.41, 5.74) is 0.849. The van der Waals surface area contributed by atoms with E-state index in [1.807, 2.05) is 18.2 Å². The van der Waals surface area contributed by atoms with Crippen molar-refractivity contribution in [3.05, 3.63) is 64.6 Å². The number of nitrogens with zero attached hydrogens (tertiary/aromatic N) is 1. The quantitative estimate of drug-likeness (QED) is 0.676. The van der Waals surface area contributed by atoms with Crippen LogP contribution in [0.2, 0.25) is 0 Å². The predicted octanol–water partition coefficient (Wildman–Crippen LogP) is 4.74. The van der Waals surface area contributed by atoms with Crippen molar-refractivity contribution in [3.8, 4) is 11.1 Å². The fourth-order valence-corrected chi connectivity index (χ4v) is 5.02. The molecule has 4 rings (SSSR count). The van der Waals surface area contributed by atoms with Crippen molar-refractivity contribution in [3.63, 3.8) is 0 Å².